The van der Waals surface area contributed by atoms with Crippen LogP contribution in [0.25, 0.3) is 5.69 Å². The van der Waals surface area contributed by atoms with E-state index in [4.69, 9.17) is 9.47 Å². The van der Waals surface area contributed by atoms with E-state index in [0.29, 0.717) is 24.0 Å². The van der Waals surface area contributed by atoms with Gasteiger partial charge in [0.15, 0.2) is 5.16 Å². The monoisotopic (exact) mass is 439 g/mol. The lowest BCUT2D eigenvalue weighted by atomic mass is 10.2. The molecule has 0 spiro atoms. The molecule has 1 saturated heterocycles. The number of nitrogens with zero attached hydrogens (tertiary/aromatic N) is 5. The van der Waals surface area contributed by atoms with Gasteiger partial charge in [-0.3, -0.25) is 9.36 Å². The number of methoxy groups -OCH3 is 2. The summed E-state index contributed by atoms with van der Waals surface area (Å²) in [6, 6.07) is 15.6. The van der Waals surface area contributed by atoms with Crippen molar-refractivity contribution < 1.29 is 14.3 Å². The minimum absolute atomic E-state index is 0.106. The molecule has 2 heterocycles. The first kappa shape index (κ1) is 21.0. The average molecular weight is 440 g/mol. The minimum atomic E-state index is 0.106. The molecule has 1 fully saturated rings. The maximum Gasteiger partial charge on any atom is 0.233 e. The van der Waals surface area contributed by atoms with Crippen molar-refractivity contribution in [2.45, 2.75) is 5.16 Å². The molecule has 0 bridgehead atoms. The molecule has 4 rings (SSSR count). The van der Waals surface area contributed by atoms with E-state index in [-0.39, 0.29) is 5.91 Å². The van der Waals surface area contributed by atoms with Crippen molar-refractivity contribution in [2.24, 2.45) is 0 Å². The highest BCUT2D eigenvalue weighted by Gasteiger charge is 2.23. The molecule has 0 saturated carbocycles. The fourth-order valence-electron chi connectivity index (χ4n) is 3.55. The number of piperazine rings is 1. The largest absolute Gasteiger partial charge is 0.497 e. The lowest BCUT2D eigenvalue weighted by Crippen LogP contribution is -2.49. The number of carbonyl (C=O) groups is 1. The molecule has 9 heteroatoms. The summed E-state index contributed by atoms with van der Waals surface area (Å²) in [5, 5.41) is 8.87. The number of hydrogen-bond donors (Lipinski definition) is 0. The number of benzene rings is 2. The Balaban J connectivity index is 1.33. The van der Waals surface area contributed by atoms with Gasteiger partial charge in [-0.25, -0.2) is 0 Å². The van der Waals surface area contributed by atoms with Gasteiger partial charge in [0.2, 0.25) is 5.91 Å². The van der Waals surface area contributed by atoms with Gasteiger partial charge in [-0.15, -0.1) is 10.2 Å². The predicted molar refractivity (Wildman–Crippen MR) is 120 cm³/mol. The van der Waals surface area contributed by atoms with Gasteiger partial charge < -0.3 is 19.3 Å². The smallest absolute Gasteiger partial charge is 0.233 e. The maximum absolute atomic E-state index is 12.8. The van der Waals surface area contributed by atoms with Gasteiger partial charge >= 0.3 is 0 Å². The highest BCUT2D eigenvalue weighted by atomic mass is 32.2. The van der Waals surface area contributed by atoms with Crippen LogP contribution in [0, 0.1) is 0 Å². The van der Waals surface area contributed by atoms with E-state index >= 15 is 0 Å². The molecular weight excluding hydrogens is 414 g/mol. The summed E-state index contributed by atoms with van der Waals surface area (Å²) in [7, 11) is 3.32. The van der Waals surface area contributed by atoms with Crippen LogP contribution in [0.4, 0.5) is 5.69 Å². The summed E-state index contributed by atoms with van der Waals surface area (Å²) >= 11 is 1.40. The second-order valence-electron chi connectivity index (χ2n) is 7.01. The zero-order valence-corrected chi connectivity index (χ0v) is 18.4. The summed E-state index contributed by atoms with van der Waals surface area (Å²) in [5.41, 5.74) is 1.99. The molecule has 1 amide bonds. The molecule has 2 aromatic carbocycles. The third kappa shape index (κ3) is 4.77. The van der Waals surface area contributed by atoms with Crippen LogP contribution in [0.5, 0.6) is 11.5 Å². The molecule has 0 unspecified atom stereocenters. The van der Waals surface area contributed by atoms with Crippen LogP contribution >= 0.6 is 11.8 Å². The first-order valence-electron chi connectivity index (χ1n) is 10.0. The zero-order valence-electron chi connectivity index (χ0n) is 17.6. The summed E-state index contributed by atoms with van der Waals surface area (Å²) in [6.45, 7) is 2.92. The number of anilines is 1. The number of amides is 1. The Morgan fingerprint density at radius 2 is 1.74 bits per heavy atom. The maximum atomic E-state index is 12.8. The quantitative estimate of drug-likeness (QED) is 0.524. The van der Waals surface area contributed by atoms with Gasteiger partial charge in [0.25, 0.3) is 0 Å². The third-order valence-electron chi connectivity index (χ3n) is 5.25. The molecule has 3 aromatic rings. The Bertz CT molecular complexity index is 1020. The van der Waals surface area contributed by atoms with Crippen LogP contribution in [0.15, 0.2) is 60.0 Å². The molecule has 8 nitrogen and oxygen atoms in total. The van der Waals surface area contributed by atoms with E-state index in [1.807, 2.05) is 51.9 Å². The Morgan fingerprint density at radius 3 is 2.45 bits per heavy atom. The molecule has 1 aliphatic rings. The van der Waals surface area contributed by atoms with E-state index in [1.54, 1.807) is 20.5 Å². The summed E-state index contributed by atoms with van der Waals surface area (Å²) in [5.74, 6) is 2.07. The number of ether oxygens (including phenoxy) is 2. The first-order chi connectivity index (χ1) is 15.2. The third-order valence-corrected chi connectivity index (χ3v) is 6.18. The van der Waals surface area contributed by atoms with Gasteiger partial charge in [-0.2, -0.15) is 0 Å². The Kier molecular flexibility index (Phi) is 6.61. The molecule has 0 radical (unpaired) electrons. The number of thioether (sulfide) groups is 1. The number of aromatic nitrogens is 3. The summed E-state index contributed by atoms with van der Waals surface area (Å²) in [6.07, 6.45) is 1.65. The van der Waals surface area contributed by atoms with Gasteiger partial charge in [-0.1, -0.05) is 23.9 Å². The van der Waals surface area contributed by atoms with Crippen molar-refractivity contribution in [3.63, 3.8) is 0 Å². The van der Waals surface area contributed by atoms with E-state index in [1.165, 1.54) is 11.8 Å². The van der Waals surface area contributed by atoms with Crippen LogP contribution in [0.1, 0.15) is 0 Å². The fraction of sp³-hybridized carbons (Fsp3) is 0.318. The molecule has 1 aromatic heterocycles. The predicted octanol–water partition coefficient (Wildman–Crippen LogP) is 2.73. The highest BCUT2D eigenvalue weighted by Crippen LogP contribution is 2.28. The SMILES string of the molecule is COc1ccc(-n2cnnc2SCC(=O)N2CCN(c3ccccc3OC)CC2)cc1. The molecule has 0 N–H and O–H groups in total. The standard InChI is InChI=1S/C22H25N5O3S/c1-29-18-9-7-17(8-10-18)27-16-23-24-22(27)31-15-21(28)26-13-11-25(12-14-26)19-5-3-4-6-20(19)30-2/h3-10,16H,11-15H2,1-2H3. The molecular formula is C22H25N5O3S. The van der Waals surface area contributed by atoms with Crippen molar-refractivity contribution in [1.29, 1.82) is 0 Å². The van der Waals surface area contributed by atoms with Crippen LogP contribution in [-0.2, 0) is 4.79 Å². The normalized spacial score (nSPS) is 13.9. The van der Waals surface area contributed by atoms with E-state index in [0.717, 1.165) is 36.0 Å². The number of rotatable bonds is 7. The lowest BCUT2D eigenvalue weighted by Gasteiger charge is -2.36. The molecule has 0 atom stereocenters. The van der Waals surface area contributed by atoms with E-state index in [9.17, 15) is 4.79 Å². The van der Waals surface area contributed by atoms with Crippen molar-refractivity contribution in [1.82, 2.24) is 19.7 Å². The molecule has 31 heavy (non-hydrogen) atoms. The Morgan fingerprint density at radius 1 is 1.00 bits per heavy atom. The fourth-order valence-corrected chi connectivity index (χ4v) is 4.38. The van der Waals surface area contributed by atoms with Crippen molar-refractivity contribution >= 4 is 23.4 Å². The van der Waals surface area contributed by atoms with Crippen molar-refractivity contribution in [3.8, 4) is 17.2 Å². The van der Waals surface area contributed by atoms with Crippen LogP contribution in [0.2, 0.25) is 0 Å². The zero-order chi connectivity index (χ0) is 21.6. The minimum Gasteiger partial charge on any atom is -0.497 e. The van der Waals surface area contributed by atoms with Crippen LogP contribution in [0.3, 0.4) is 0 Å². The Hall–Kier alpha value is -3.20. The first-order valence-corrected chi connectivity index (χ1v) is 11.0. The highest BCUT2D eigenvalue weighted by molar-refractivity contribution is 7.99. The van der Waals surface area contributed by atoms with E-state index in [2.05, 4.69) is 21.2 Å². The van der Waals surface area contributed by atoms with Gasteiger partial charge in [-0.05, 0) is 36.4 Å². The van der Waals surface area contributed by atoms with Gasteiger partial charge in [0.1, 0.15) is 17.8 Å². The topological polar surface area (TPSA) is 72.7 Å². The molecule has 162 valence electrons. The van der Waals surface area contributed by atoms with Gasteiger partial charge in [0, 0.05) is 31.9 Å². The second kappa shape index (κ2) is 9.74. The summed E-state index contributed by atoms with van der Waals surface area (Å²) < 4.78 is 12.5. The van der Waals surface area contributed by atoms with Gasteiger partial charge in [0.05, 0.1) is 25.7 Å². The average Bonchev–Trinajstić information content (AvgIpc) is 3.31. The van der Waals surface area contributed by atoms with Crippen LogP contribution in [-0.4, -0.2) is 71.7 Å². The second-order valence-corrected chi connectivity index (χ2v) is 7.95. The molecule has 1 aliphatic heterocycles. The number of hydrogen-bond acceptors (Lipinski definition) is 7. The van der Waals surface area contributed by atoms with Crippen LogP contribution < -0.4 is 14.4 Å². The van der Waals surface area contributed by atoms with Crippen molar-refractivity contribution in [2.75, 3.05) is 51.1 Å². The lowest BCUT2D eigenvalue weighted by molar-refractivity contribution is -0.128. The summed E-state index contributed by atoms with van der Waals surface area (Å²) in [4.78, 5) is 16.9. The molecule has 0 aliphatic carbocycles. The Labute approximate surface area is 185 Å². The van der Waals surface area contributed by atoms with Crippen molar-refractivity contribution in [3.05, 3.63) is 54.9 Å². The van der Waals surface area contributed by atoms with E-state index < -0.39 is 0 Å². The number of carbonyl (C=O) groups excluding carboxylic acids is 1. The number of para-hydroxylation sites is 2.